The summed E-state index contributed by atoms with van der Waals surface area (Å²) >= 11 is 0. The quantitative estimate of drug-likeness (QED) is 0.772. The molecular formula is C15H26N2O2. The van der Waals surface area contributed by atoms with Crippen molar-refractivity contribution in [3.63, 3.8) is 0 Å². The molecule has 0 radical (unpaired) electrons. The summed E-state index contributed by atoms with van der Waals surface area (Å²) < 4.78 is 5.67. The summed E-state index contributed by atoms with van der Waals surface area (Å²) in [7, 11) is 2.05. The molecule has 0 spiro atoms. The maximum atomic E-state index is 12.5. The zero-order chi connectivity index (χ0) is 13.8. The largest absolute Gasteiger partial charge is 0.459 e. The molecule has 3 fully saturated rings. The summed E-state index contributed by atoms with van der Waals surface area (Å²) in [5.74, 6) is 0.0154. The maximum Gasteiger partial charge on any atom is 0.327 e. The van der Waals surface area contributed by atoms with Gasteiger partial charge in [0.05, 0.1) is 0 Å². The minimum absolute atomic E-state index is 0.0154. The Morgan fingerprint density at radius 2 is 2.00 bits per heavy atom. The van der Waals surface area contributed by atoms with Crippen molar-refractivity contribution in [2.24, 2.45) is 0 Å². The molecule has 4 nitrogen and oxygen atoms in total. The van der Waals surface area contributed by atoms with Gasteiger partial charge in [-0.1, -0.05) is 0 Å². The van der Waals surface area contributed by atoms with E-state index in [4.69, 9.17) is 4.74 Å². The van der Waals surface area contributed by atoms with Crippen molar-refractivity contribution in [3.05, 3.63) is 0 Å². The van der Waals surface area contributed by atoms with Crippen molar-refractivity contribution in [2.45, 2.75) is 82.1 Å². The molecule has 0 bridgehead atoms. The third-order valence-corrected chi connectivity index (χ3v) is 5.05. The average molecular weight is 266 g/mol. The number of piperidine rings is 1. The molecule has 3 heterocycles. The Kier molecular flexibility index (Phi) is 2.95. The molecule has 0 aromatic rings. The number of hydrogen-bond donors (Lipinski definition) is 1. The summed E-state index contributed by atoms with van der Waals surface area (Å²) in [5.41, 5.74) is -0.653. The maximum absolute atomic E-state index is 12.5. The van der Waals surface area contributed by atoms with Gasteiger partial charge >= 0.3 is 5.97 Å². The van der Waals surface area contributed by atoms with Crippen LogP contribution in [0.25, 0.3) is 0 Å². The number of esters is 1. The van der Waals surface area contributed by atoms with E-state index in [1.807, 2.05) is 20.8 Å². The standard InChI is InChI=1S/C15H26N2O2/c1-14(2,3)19-13(18)15-6-5-11-7-10(16-4)8-12(9-15)17(11)15/h10-12,16H,5-9H2,1-4H3/t10-,11-,12-,15?/m0/s1. The molecule has 3 aliphatic rings. The van der Waals surface area contributed by atoms with Gasteiger partial charge in [-0.3, -0.25) is 9.69 Å². The van der Waals surface area contributed by atoms with Gasteiger partial charge < -0.3 is 10.1 Å². The van der Waals surface area contributed by atoms with Crippen LogP contribution in [0.1, 0.15) is 52.9 Å². The first-order chi connectivity index (χ1) is 8.86. The number of carbonyl (C=O) groups excluding carboxylic acids is 1. The van der Waals surface area contributed by atoms with Crippen molar-refractivity contribution in [1.29, 1.82) is 0 Å². The van der Waals surface area contributed by atoms with Gasteiger partial charge in [-0.05, 0) is 59.9 Å². The molecule has 0 amide bonds. The van der Waals surface area contributed by atoms with Crippen molar-refractivity contribution in [1.82, 2.24) is 10.2 Å². The van der Waals surface area contributed by atoms with Gasteiger partial charge in [0.2, 0.25) is 0 Å². The molecular weight excluding hydrogens is 240 g/mol. The number of rotatable bonds is 2. The second kappa shape index (κ2) is 4.19. The highest BCUT2D eigenvalue weighted by molar-refractivity contribution is 5.83. The molecule has 0 saturated carbocycles. The highest BCUT2D eigenvalue weighted by Crippen LogP contribution is 2.54. The van der Waals surface area contributed by atoms with E-state index >= 15 is 0 Å². The van der Waals surface area contributed by atoms with Crippen LogP contribution in [0.15, 0.2) is 0 Å². The minimum atomic E-state index is -0.377. The fraction of sp³-hybridized carbons (Fsp3) is 0.933. The summed E-state index contributed by atoms with van der Waals surface area (Å²) in [6, 6.07) is 1.80. The fourth-order valence-electron chi connectivity index (χ4n) is 4.33. The third-order valence-electron chi connectivity index (χ3n) is 5.05. The second-order valence-corrected chi connectivity index (χ2v) is 7.45. The molecule has 1 N–H and O–H groups in total. The molecule has 3 rings (SSSR count). The topological polar surface area (TPSA) is 41.6 Å². The minimum Gasteiger partial charge on any atom is -0.459 e. The van der Waals surface area contributed by atoms with Crippen LogP contribution in [0.5, 0.6) is 0 Å². The molecule has 19 heavy (non-hydrogen) atoms. The van der Waals surface area contributed by atoms with Crippen LogP contribution in [-0.4, -0.2) is 47.2 Å². The lowest BCUT2D eigenvalue weighted by Gasteiger charge is -2.58. The Hall–Kier alpha value is -0.610. The van der Waals surface area contributed by atoms with Crippen molar-refractivity contribution in [2.75, 3.05) is 7.05 Å². The van der Waals surface area contributed by atoms with Crippen LogP contribution in [0, 0.1) is 0 Å². The highest BCUT2D eigenvalue weighted by atomic mass is 16.6. The van der Waals surface area contributed by atoms with Gasteiger partial charge in [-0.15, -0.1) is 0 Å². The van der Waals surface area contributed by atoms with Crippen LogP contribution in [0.4, 0.5) is 0 Å². The zero-order valence-electron chi connectivity index (χ0n) is 12.5. The lowest BCUT2D eigenvalue weighted by Crippen LogP contribution is -2.72. The molecule has 3 saturated heterocycles. The summed E-state index contributed by atoms with van der Waals surface area (Å²) in [6.45, 7) is 5.87. The molecule has 0 aliphatic carbocycles. The molecule has 1 unspecified atom stereocenters. The number of nitrogens with one attached hydrogen (secondary N) is 1. The van der Waals surface area contributed by atoms with E-state index < -0.39 is 0 Å². The predicted molar refractivity (Wildman–Crippen MR) is 73.9 cm³/mol. The Morgan fingerprint density at radius 1 is 1.32 bits per heavy atom. The van der Waals surface area contributed by atoms with Gasteiger partial charge in [0.15, 0.2) is 0 Å². The average Bonchev–Trinajstić information content (AvgIpc) is 2.60. The van der Waals surface area contributed by atoms with Crippen molar-refractivity contribution in [3.8, 4) is 0 Å². The lowest BCUT2D eigenvalue weighted by atomic mass is 9.74. The highest BCUT2D eigenvalue weighted by Gasteiger charge is 2.65. The van der Waals surface area contributed by atoms with Crippen LogP contribution in [0.3, 0.4) is 0 Å². The molecule has 0 aromatic carbocycles. The first-order valence-electron chi connectivity index (χ1n) is 7.55. The smallest absolute Gasteiger partial charge is 0.327 e. The van der Waals surface area contributed by atoms with E-state index in [0.717, 1.165) is 19.3 Å². The van der Waals surface area contributed by atoms with Crippen molar-refractivity contribution >= 4 is 5.97 Å². The Balaban J connectivity index is 1.74. The summed E-state index contributed by atoms with van der Waals surface area (Å²) in [5, 5.41) is 3.41. The molecule has 0 aromatic heterocycles. The van der Waals surface area contributed by atoms with Crippen LogP contribution < -0.4 is 5.32 Å². The van der Waals surface area contributed by atoms with Gasteiger partial charge in [-0.2, -0.15) is 0 Å². The number of carbonyl (C=O) groups is 1. The molecule has 3 aliphatic heterocycles. The summed E-state index contributed by atoms with van der Waals surface area (Å²) in [4.78, 5) is 15.0. The van der Waals surface area contributed by atoms with E-state index in [1.54, 1.807) is 0 Å². The van der Waals surface area contributed by atoms with E-state index in [9.17, 15) is 4.79 Å². The summed E-state index contributed by atoms with van der Waals surface area (Å²) in [6.07, 6.45) is 5.49. The zero-order valence-corrected chi connectivity index (χ0v) is 12.5. The van der Waals surface area contributed by atoms with E-state index in [-0.39, 0.29) is 17.1 Å². The van der Waals surface area contributed by atoms with Gasteiger partial charge in [0.1, 0.15) is 11.1 Å². The molecule has 108 valence electrons. The number of nitrogens with zero attached hydrogens (tertiary/aromatic N) is 1. The fourth-order valence-corrected chi connectivity index (χ4v) is 4.33. The Morgan fingerprint density at radius 3 is 2.63 bits per heavy atom. The Bertz CT molecular complexity index is 390. The van der Waals surface area contributed by atoms with Gasteiger partial charge in [0.25, 0.3) is 0 Å². The van der Waals surface area contributed by atoms with Crippen LogP contribution in [-0.2, 0) is 9.53 Å². The second-order valence-electron chi connectivity index (χ2n) is 7.45. The molecule has 4 heteroatoms. The predicted octanol–water partition coefficient (Wildman–Crippen LogP) is 1.69. The van der Waals surface area contributed by atoms with Gasteiger partial charge in [0, 0.05) is 18.1 Å². The van der Waals surface area contributed by atoms with Crippen LogP contribution >= 0.6 is 0 Å². The monoisotopic (exact) mass is 266 g/mol. The first-order valence-corrected chi connectivity index (χ1v) is 7.55. The first kappa shape index (κ1) is 13.4. The number of ether oxygens (including phenoxy) is 1. The number of hydrogen-bond acceptors (Lipinski definition) is 4. The van der Waals surface area contributed by atoms with E-state index in [2.05, 4.69) is 17.3 Å². The Labute approximate surface area is 115 Å². The van der Waals surface area contributed by atoms with Gasteiger partial charge in [-0.25, -0.2) is 0 Å². The lowest BCUT2D eigenvalue weighted by molar-refractivity contribution is -0.189. The SMILES string of the molecule is CN[C@H]1C[C@@H]2CCC3(C(=O)OC(C)(C)C)C[C@H](C1)N23. The van der Waals surface area contributed by atoms with E-state index in [1.165, 1.54) is 12.8 Å². The van der Waals surface area contributed by atoms with E-state index in [0.29, 0.717) is 18.1 Å². The van der Waals surface area contributed by atoms with Crippen LogP contribution in [0.2, 0.25) is 0 Å². The molecule has 4 atom stereocenters. The van der Waals surface area contributed by atoms with Crippen molar-refractivity contribution < 1.29 is 9.53 Å². The third kappa shape index (κ3) is 2.00. The normalized spacial score (nSPS) is 41.6.